The number of para-hydroxylation sites is 1. The maximum absolute atomic E-state index is 12.8. The Morgan fingerprint density at radius 2 is 1.61 bits per heavy atom. The number of carbonyl (C=O) groups excluding carboxylic acids is 3. The van der Waals surface area contributed by atoms with Crippen LogP contribution < -0.4 is 10.6 Å². The van der Waals surface area contributed by atoms with E-state index >= 15 is 0 Å². The highest BCUT2D eigenvalue weighted by Crippen LogP contribution is 2.22. The molecule has 2 aromatic carbocycles. The Hall–Kier alpha value is -3.61. The first kappa shape index (κ1) is 20.7. The third-order valence-electron chi connectivity index (χ3n) is 3.95. The standard InChI is InChI=1S/C21H22N2O5/c1-13-9-10-14(2)17(11-13)23-20(25)15-7-5-6-8-16(15)22-18(21(26)28-4)12-19(24)27-3/h5-12,22H,1-4H3,(H,23,25)/b18-12+. The second kappa shape index (κ2) is 9.36. The van der Waals surface area contributed by atoms with Crippen LogP contribution >= 0.6 is 0 Å². The van der Waals surface area contributed by atoms with Crippen molar-refractivity contribution in [2.45, 2.75) is 13.8 Å². The molecule has 1 amide bonds. The minimum absolute atomic E-state index is 0.152. The maximum atomic E-state index is 12.8. The smallest absolute Gasteiger partial charge is 0.354 e. The van der Waals surface area contributed by atoms with E-state index in [1.807, 2.05) is 32.0 Å². The van der Waals surface area contributed by atoms with Gasteiger partial charge >= 0.3 is 11.9 Å². The molecule has 2 N–H and O–H groups in total. The fraction of sp³-hybridized carbons (Fsp3) is 0.190. The van der Waals surface area contributed by atoms with Crippen molar-refractivity contribution in [2.75, 3.05) is 24.9 Å². The SMILES string of the molecule is COC(=O)/C=C(/Nc1ccccc1C(=O)Nc1cc(C)ccc1C)C(=O)OC. The number of anilines is 2. The van der Waals surface area contributed by atoms with Crippen molar-refractivity contribution in [1.82, 2.24) is 0 Å². The molecule has 0 unspecified atom stereocenters. The lowest BCUT2D eigenvalue weighted by molar-refractivity contribution is -0.138. The van der Waals surface area contributed by atoms with Crippen LogP contribution in [0.25, 0.3) is 0 Å². The second-order valence-corrected chi connectivity index (χ2v) is 6.02. The number of esters is 2. The van der Waals surface area contributed by atoms with Crippen LogP contribution in [0.1, 0.15) is 21.5 Å². The highest BCUT2D eigenvalue weighted by atomic mass is 16.5. The Labute approximate surface area is 163 Å². The summed E-state index contributed by atoms with van der Waals surface area (Å²) in [4.78, 5) is 36.3. The lowest BCUT2D eigenvalue weighted by Gasteiger charge is -2.14. The summed E-state index contributed by atoms with van der Waals surface area (Å²) in [5.74, 6) is -1.86. The molecule has 0 saturated heterocycles. The zero-order chi connectivity index (χ0) is 20.7. The second-order valence-electron chi connectivity index (χ2n) is 6.02. The van der Waals surface area contributed by atoms with Gasteiger partial charge in [0.2, 0.25) is 0 Å². The molecule has 0 aliphatic rings. The summed E-state index contributed by atoms with van der Waals surface area (Å²) in [7, 11) is 2.38. The number of ether oxygens (including phenoxy) is 2. The van der Waals surface area contributed by atoms with Crippen molar-refractivity contribution < 1.29 is 23.9 Å². The van der Waals surface area contributed by atoms with E-state index in [-0.39, 0.29) is 11.6 Å². The lowest BCUT2D eigenvalue weighted by atomic mass is 10.1. The van der Waals surface area contributed by atoms with Gasteiger partial charge in [0.1, 0.15) is 5.70 Å². The van der Waals surface area contributed by atoms with E-state index in [9.17, 15) is 14.4 Å². The molecule has 0 aliphatic heterocycles. The molecule has 2 aromatic rings. The minimum Gasteiger partial charge on any atom is -0.466 e. The Bertz CT molecular complexity index is 934. The van der Waals surface area contributed by atoms with E-state index in [4.69, 9.17) is 0 Å². The maximum Gasteiger partial charge on any atom is 0.354 e. The third-order valence-corrected chi connectivity index (χ3v) is 3.95. The van der Waals surface area contributed by atoms with E-state index in [1.165, 1.54) is 14.2 Å². The summed E-state index contributed by atoms with van der Waals surface area (Å²) in [6.07, 6.45) is 0.964. The van der Waals surface area contributed by atoms with Crippen LogP contribution in [0.2, 0.25) is 0 Å². The molecule has 0 aliphatic carbocycles. The van der Waals surface area contributed by atoms with Crippen molar-refractivity contribution in [1.29, 1.82) is 0 Å². The van der Waals surface area contributed by atoms with Crippen LogP contribution in [0.5, 0.6) is 0 Å². The van der Waals surface area contributed by atoms with Crippen molar-refractivity contribution in [3.05, 3.63) is 70.9 Å². The van der Waals surface area contributed by atoms with Crippen LogP contribution in [0.15, 0.2) is 54.2 Å². The van der Waals surface area contributed by atoms with Gasteiger partial charge in [-0.2, -0.15) is 0 Å². The summed E-state index contributed by atoms with van der Waals surface area (Å²) in [6.45, 7) is 3.83. The molecule has 7 nitrogen and oxygen atoms in total. The van der Waals surface area contributed by atoms with Gasteiger partial charge in [-0.1, -0.05) is 24.3 Å². The zero-order valence-corrected chi connectivity index (χ0v) is 16.2. The normalized spacial score (nSPS) is 10.8. The number of nitrogens with one attached hydrogen (secondary N) is 2. The van der Waals surface area contributed by atoms with Gasteiger partial charge in [-0.15, -0.1) is 0 Å². The molecule has 0 bridgehead atoms. The highest BCUT2D eigenvalue weighted by Gasteiger charge is 2.17. The fourth-order valence-corrected chi connectivity index (χ4v) is 2.43. The predicted octanol–water partition coefficient (Wildman–Crippen LogP) is 3.20. The molecule has 0 aromatic heterocycles. The first-order chi connectivity index (χ1) is 13.3. The summed E-state index contributed by atoms with van der Waals surface area (Å²) < 4.78 is 9.23. The molecular weight excluding hydrogens is 360 g/mol. The first-order valence-corrected chi connectivity index (χ1v) is 8.48. The number of hydrogen-bond acceptors (Lipinski definition) is 6. The average molecular weight is 382 g/mol. The van der Waals surface area contributed by atoms with Crippen LogP contribution in [0.4, 0.5) is 11.4 Å². The number of rotatable bonds is 6. The largest absolute Gasteiger partial charge is 0.466 e. The van der Waals surface area contributed by atoms with E-state index < -0.39 is 11.9 Å². The Balaban J connectivity index is 2.34. The average Bonchev–Trinajstić information content (AvgIpc) is 2.69. The lowest BCUT2D eigenvalue weighted by Crippen LogP contribution is -2.19. The summed E-state index contributed by atoms with van der Waals surface area (Å²) in [6, 6.07) is 12.4. The topological polar surface area (TPSA) is 93.7 Å². The van der Waals surface area contributed by atoms with Gasteiger partial charge < -0.3 is 20.1 Å². The minimum atomic E-state index is -0.768. The van der Waals surface area contributed by atoms with Crippen molar-refractivity contribution in [3.63, 3.8) is 0 Å². The number of hydrogen-bond donors (Lipinski definition) is 2. The predicted molar refractivity (Wildman–Crippen MR) is 106 cm³/mol. The highest BCUT2D eigenvalue weighted by molar-refractivity contribution is 6.09. The van der Waals surface area contributed by atoms with Crippen LogP contribution in [0, 0.1) is 13.8 Å². The van der Waals surface area contributed by atoms with Crippen molar-refractivity contribution in [2.24, 2.45) is 0 Å². The molecule has 0 atom stereocenters. The summed E-state index contributed by atoms with van der Waals surface area (Å²) in [5, 5.41) is 5.65. The molecule has 28 heavy (non-hydrogen) atoms. The Kier molecular flexibility index (Phi) is 6.92. The Morgan fingerprint density at radius 3 is 2.29 bits per heavy atom. The van der Waals surface area contributed by atoms with Crippen LogP contribution in [0.3, 0.4) is 0 Å². The zero-order valence-electron chi connectivity index (χ0n) is 16.2. The molecule has 2 rings (SSSR count). The van der Waals surface area contributed by atoms with E-state index in [1.54, 1.807) is 24.3 Å². The van der Waals surface area contributed by atoms with Crippen molar-refractivity contribution >= 4 is 29.2 Å². The van der Waals surface area contributed by atoms with Crippen LogP contribution in [-0.4, -0.2) is 32.1 Å². The van der Waals surface area contributed by atoms with Gasteiger partial charge in [0, 0.05) is 5.69 Å². The monoisotopic (exact) mass is 382 g/mol. The number of methoxy groups -OCH3 is 2. The van der Waals surface area contributed by atoms with E-state index in [0.29, 0.717) is 16.9 Å². The molecule has 0 saturated carbocycles. The van der Waals surface area contributed by atoms with Gasteiger partial charge in [0.25, 0.3) is 5.91 Å². The fourth-order valence-electron chi connectivity index (χ4n) is 2.43. The molecule has 0 spiro atoms. The molecule has 0 heterocycles. The third kappa shape index (κ3) is 5.20. The van der Waals surface area contributed by atoms with Gasteiger partial charge in [-0.05, 0) is 43.2 Å². The molecule has 0 radical (unpaired) electrons. The van der Waals surface area contributed by atoms with Crippen LogP contribution in [-0.2, 0) is 19.1 Å². The van der Waals surface area contributed by atoms with Gasteiger partial charge in [0.15, 0.2) is 0 Å². The number of aryl methyl sites for hydroxylation is 2. The first-order valence-electron chi connectivity index (χ1n) is 8.48. The Morgan fingerprint density at radius 1 is 0.893 bits per heavy atom. The number of benzene rings is 2. The summed E-state index contributed by atoms with van der Waals surface area (Å²) in [5.41, 5.74) is 3.11. The molecule has 7 heteroatoms. The molecular formula is C21H22N2O5. The van der Waals surface area contributed by atoms with Gasteiger partial charge in [0.05, 0.1) is 31.5 Å². The quantitative estimate of drug-likeness (QED) is 0.589. The van der Waals surface area contributed by atoms with E-state index in [2.05, 4.69) is 20.1 Å². The number of amides is 1. The molecule has 146 valence electrons. The number of carbonyl (C=O) groups is 3. The van der Waals surface area contributed by atoms with Gasteiger partial charge in [-0.3, -0.25) is 4.79 Å². The van der Waals surface area contributed by atoms with E-state index in [0.717, 1.165) is 17.2 Å². The molecule has 0 fully saturated rings. The van der Waals surface area contributed by atoms with Crippen molar-refractivity contribution in [3.8, 4) is 0 Å². The van der Waals surface area contributed by atoms with Gasteiger partial charge in [-0.25, -0.2) is 9.59 Å². The summed E-state index contributed by atoms with van der Waals surface area (Å²) >= 11 is 0.